The van der Waals surface area contributed by atoms with E-state index in [1.807, 2.05) is 4.90 Å². The van der Waals surface area contributed by atoms with Gasteiger partial charge in [-0.05, 0) is 44.9 Å². The van der Waals surface area contributed by atoms with Gasteiger partial charge in [0, 0.05) is 31.6 Å². The average Bonchev–Trinajstić information content (AvgIpc) is 2.63. The molecule has 26 heavy (non-hydrogen) atoms. The highest BCUT2D eigenvalue weighted by Crippen LogP contribution is 2.24. The number of unbranched alkanes of at least 4 members (excludes halogenated alkanes) is 2. The summed E-state index contributed by atoms with van der Waals surface area (Å²) in [7, 11) is 0. The van der Waals surface area contributed by atoms with Crippen molar-refractivity contribution in [2.45, 2.75) is 83.2 Å². The van der Waals surface area contributed by atoms with Gasteiger partial charge in [0.1, 0.15) is 0 Å². The minimum Gasteiger partial charge on any atom is -0.481 e. The van der Waals surface area contributed by atoms with Crippen LogP contribution in [0.1, 0.15) is 71.1 Å². The van der Waals surface area contributed by atoms with Crippen molar-refractivity contribution in [3.63, 3.8) is 0 Å². The number of piperidine rings is 1. The van der Waals surface area contributed by atoms with Crippen LogP contribution in [0.2, 0.25) is 0 Å². The van der Waals surface area contributed by atoms with E-state index in [0.29, 0.717) is 32.4 Å². The van der Waals surface area contributed by atoms with E-state index in [4.69, 9.17) is 5.11 Å². The summed E-state index contributed by atoms with van der Waals surface area (Å²) in [4.78, 5) is 37.1. The van der Waals surface area contributed by atoms with Crippen LogP contribution in [0.5, 0.6) is 0 Å². The number of nitrogens with one attached hydrogen (secondary N) is 2. The predicted molar refractivity (Wildman–Crippen MR) is 98.8 cm³/mol. The van der Waals surface area contributed by atoms with Crippen LogP contribution in [-0.2, 0) is 9.59 Å². The monoisotopic (exact) mass is 367 g/mol. The highest BCUT2D eigenvalue weighted by molar-refractivity contribution is 5.76. The molecule has 7 heteroatoms. The summed E-state index contributed by atoms with van der Waals surface area (Å²) >= 11 is 0. The van der Waals surface area contributed by atoms with Gasteiger partial charge in [0.15, 0.2) is 0 Å². The zero-order valence-corrected chi connectivity index (χ0v) is 15.8. The van der Waals surface area contributed by atoms with Crippen molar-refractivity contribution in [1.82, 2.24) is 15.5 Å². The second-order valence-corrected chi connectivity index (χ2v) is 7.62. The summed E-state index contributed by atoms with van der Waals surface area (Å²) in [5.74, 6) is -0.870. The SMILES string of the molecule is CCCCCC(=O)NC1CCN(C(=O)NC2CCC(C(=O)O)CC2)CC1. The maximum Gasteiger partial charge on any atom is 0.317 e. The molecule has 0 atom stereocenters. The molecular formula is C19H33N3O4. The van der Waals surface area contributed by atoms with Gasteiger partial charge in [-0.3, -0.25) is 9.59 Å². The van der Waals surface area contributed by atoms with E-state index in [0.717, 1.165) is 44.9 Å². The second kappa shape index (κ2) is 10.4. The molecule has 3 N–H and O–H groups in total. The number of nitrogens with zero attached hydrogens (tertiary/aromatic N) is 1. The molecule has 0 radical (unpaired) electrons. The first-order valence-corrected chi connectivity index (χ1v) is 10.1. The van der Waals surface area contributed by atoms with Gasteiger partial charge in [-0.25, -0.2) is 4.79 Å². The number of carboxylic acids is 1. The van der Waals surface area contributed by atoms with Crippen molar-refractivity contribution in [2.75, 3.05) is 13.1 Å². The number of aliphatic carboxylic acids is 1. The highest BCUT2D eigenvalue weighted by Gasteiger charge is 2.29. The molecule has 0 unspecified atom stereocenters. The van der Waals surface area contributed by atoms with Crippen LogP contribution in [-0.4, -0.2) is 53.1 Å². The Labute approximate surface area is 155 Å². The van der Waals surface area contributed by atoms with E-state index in [1.54, 1.807) is 0 Å². The summed E-state index contributed by atoms with van der Waals surface area (Å²) < 4.78 is 0. The van der Waals surface area contributed by atoms with Gasteiger partial charge in [0.25, 0.3) is 0 Å². The van der Waals surface area contributed by atoms with E-state index < -0.39 is 5.97 Å². The molecule has 3 amide bonds. The third kappa shape index (κ3) is 6.50. The van der Waals surface area contributed by atoms with Crippen molar-refractivity contribution < 1.29 is 19.5 Å². The third-order valence-corrected chi connectivity index (χ3v) is 5.56. The summed E-state index contributed by atoms with van der Waals surface area (Å²) in [6, 6.07) is 0.185. The molecule has 0 spiro atoms. The minimum absolute atomic E-state index is 0.0588. The number of likely N-dealkylation sites (tertiary alicyclic amines) is 1. The molecule has 2 aliphatic rings. The van der Waals surface area contributed by atoms with Crippen LogP contribution < -0.4 is 10.6 Å². The van der Waals surface area contributed by atoms with Gasteiger partial charge in [0.05, 0.1) is 5.92 Å². The molecule has 2 rings (SSSR count). The van der Waals surface area contributed by atoms with E-state index in [-0.39, 0.29) is 29.9 Å². The smallest absolute Gasteiger partial charge is 0.317 e. The van der Waals surface area contributed by atoms with Crippen molar-refractivity contribution in [3.8, 4) is 0 Å². The molecule has 0 aromatic heterocycles. The average molecular weight is 367 g/mol. The molecule has 7 nitrogen and oxygen atoms in total. The maximum atomic E-state index is 12.4. The zero-order chi connectivity index (χ0) is 18.9. The van der Waals surface area contributed by atoms with E-state index in [9.17, 15) is 14.4 Å². The van der Waals surface area contributed by atoms with E-state index in [2.05, 4.69) is 17.6 Å². The number of carbonyl (C=O) groups excluding carboxylic acids is 2. The van der Waals surface area contributed by atoms with Gasteiger partial charge in [0.2, 0.25) is 5.91 Å². The van der Waals surface area contributed by atoms with E-state index in [1.165, 1.54) is 0 Å². The largest absolute Gasteiger partial charge is 0.481 e. The summed E-state index contributed by atoms with van der Waals surface area (Å²) in [5.41, 5.74) is 0. The Kier molecular flexibility index (Phi) is 8.19. The number of carboxylic acid groups (broad SMARTS) is 1. The van der Waals surface area contributed by atoms with Crippen LogP contribution in [0.15, 0.2) is 0 Å². The highest BCUT2D eigenvalue weighted by atomic mass is 16.4. The quantitative estimate of drug-likeness (QED) is 0.602. The van der Waals surface area contributed by atoms with Gasteiger partial charge in [-0.15, -0.1) is 0 Å². The lowest BCUT2D eigenvalue weighted by molar-refractivity contribution is -0.142. The van der Waals surface area contributed by atoms with Crippen LogP contribution in [0.3, 0.4) is 0 Å². The number of carbonyl (C=O) groups is 3. The fourth-order valence-electron chi connectivity index (χ4n) is 3.81. The number of urea groups is 1. The Hall–Kier alpha value is -1.79. The standard InChI is InChI=1S/C19H33N3O4/c1-2-3-4-5-17(23)20-16-10-12-22(13-11-16)19(26)21-15-8-6-14(7-9-15)18(24)25/h14-16H,2-13H2,1H3,(H,20,23)(H,21,26)(H,24,25). The molecule has 148 valence electrons. The molecule has 1 saturated carbocycles. The van der Waals surface area contributed by atoms with Crippen LogP contribution in [0.4, 0.5) is 4.79 Å². The van der Waals surface area contributed by atoms with Gasteiger partial charge < -0.3 is 20.6 Å². The second-order valence-electron chi connectivity index (χ2n) is 7.62. The molecule has 0 aromatic rings. The lowest BCUT2D eigenvalue weighted by Gasteiger charge is -2.34. The van der Waals surface area contributed by atoms with E-state index >= 15 is 0 Å². The molecule has 1 saturated heterocycles. The topological polar surface area (TPSA) is 98.7 Å². The van der Waals surface area contributed by atoms with Crippen molar-refractivity contribution in [2.24, 2.45) is 5.92 Å². The van der Waals surface area contributed by atoms with Crippen molar-refractivity contribution in [3.05, 3.63) is 0 Å². The predicted octanol–water partition coefficient (Wildman–Crippen LogP) is 2.50. The number of rotatable bonds is 7. The Morgan fingerprint density at radius 2 is 1.54 bits per heavy atom. The van der Waals surface area contributed by atoms with Crippen LogP contribution >= 0.6 is 0 Å². The third-order valence-electron chi connectivity index (χ3n) is 5.56. The molecule has 0 aromatic carbocycles. The maximum absolute atomic E-state index is 12.4. The zero-order valence-electron chi connectivity index (χ0n) is 15.8. The molecule has 2 fully saturated rings. The van der Waals surface area contributed by atoms with Crippen molar-refractivity contribution >= 4 is 17.9 Å². The van der Waals surface area contributed by atoms with Gasteiger partial charge in [-0.1, -0.05) is 19.8 Å². The van der Waals surface area contributed by atoms with Gasteiger partial charge in [-0.2, -0.15) is 0 Å². The number of hydrogen-bond donors (Lipinski definition) is 3. The molecule has 1 heterocycles. The Morgan fingerprint density at radius 3 is 2.12 bits per heavy atom. The molecule has 1 aliphatic heterocycles. The Balaban J connectivity index is 1.64. The Bertz CT molecular complexity index is 481. The first kappa shape index (κ1) is 20.5. The summed E-state index contributed by atoms with van der Waals surface area (Å²) in [6.45, 7) is 3.42. The summed E-state index contributed by atoms with van der Waals surface area (Å²) in [6.07, 6.45) is 8.02. The van der Waals surface area contributed by atoms with Crippen molar-refractivity contribution in [1.29, 1.82) is 0 Å². The fraction of sp³-hybridized carbons (Fsp3) is 0.842. The first-order valence-electron chi connectivity index (χ1n) is 10.1. The minimum atomic E-state index is -0.728. The van der Waals surface area contributed by atoms with Crippen LogP contribution in [0.25, 0.3) is 0 Å². The lowest BCUT2D eigenvalue weighted by atomic mass is 9.86. The Morgan fingerprint density at radius 1 is 0.923 bits per heavy atom. The molecular weight excluding hydrogens is 334 g/mol. The fourth-order valence-corrected chi connectivity index (χ4v) is 3.81. The first-order chi connectivity index (χ1) is 12.5. The summed E-state index contributed by atoms with van der Waals surface area (Å²) in [5, 5.41) is 15.2. The molecule has 0 bridgehead atoms. The number of hydrogen-bond acceptors (Lipinski definition) is 3. The number of amides is 3. The lowest BCUT2D eigenvalue weighted by Crippen LogP contribution is -2.51. The normalized spacial score (nSPS) is 24.1. The van der Waals surface area contributed by atoms with Gasteiger partial charge >= 0.3 is 12.0 Å². The molecule has 1 aliphatic carbocycles. The van der Waals surface area contributed by atoms with Crippen LogP contribution in [0, 0.1) is 5.92 Å².